The third-order valence-corrected chi connectivity index (χ3v) is 10.9. The fourth-order valence-electron chi connectivity index (χ4n) is 8.75. The molecule has 6 heteroatoms. The number of β-amino-alcohol motifs (C(OH)–C–C–N with tert-alkyl or cyclic N) is 1. The molecular formula is C35H40N2O4. The number of likely N-dealkylation sites (N-methyl/N-ethyl adjacent to an activating group) is 1. The Morgan fingerprint density at radius 2 is 1.66 bits per heavy atom. The van der Waals surface area contributed by atoms with Crippen LogP contribution < -0.4 is 9.47 Å². The lowest BCUT2D eigenvalue weighted by Gasteiger charge is -2.65. The van der Waals surface area contributed by atoms with E-state index in [1.807, 2.05) is 18.2 Å². The average molecular weight is 553 g/mol. The van der Waals surface area contributed by atoms with Crippen molar-refractivity contribution in [2.24, 2.45) is 0 Å². The second-order valence-electron chi connectivity index (χ2n) is 13.3. The summed E-state index contributed by atoms with van der Waals surface area (Å²) in [6.07, 6.45) is 4.74. The summed E-state index contributed by atoms with van der Waals surface area (Å²) >= 11 is 0. The molecular weight excluding hydrogens is 512 g/mol. The van der Waals surface area contributed by atoms with Crippen LogP contribution in [0.4, 0.5) is 0 Å². The molecule has 8 rings (SSSR count). The highest BCUT2D eigenvalue weighted by atomic mass is 16.5. The molecule has 3 fully saturated rings. The molecule has 41 heavy (non-hydrogen) atoms. The second-order valence-corrected chi connectivity index (χ2v) is 13.3. The predicted octanol–water partition coefficient (Wildman–Crippen LogP) is 4.45. The SMILES string of the molecule is CN(Cc1ccccc1)[C@@H]1CC[C@@]2(O)C3Cc4ccc(OCc5ccccc5)c5c4C2(CCN3CC2(O)CC2)[C@H]1O5. The lowest BCUT2D eigenvalue weighted by Crippen LogP contribution is -2.78. The first-order valence-electron chi connectivity index (χ1n) is 15.3. The van der Waals surface area contributed by atoms with Gasteiger partial charge in [-0.05, 0) is 74.9 Å². The fourth-order valence-corrected chi connectivity index (χ4v) is 8.75. The number of rotatable bonds is 8. The van der Waals surface area contributed by atoms with Crippen LogP contribution in [0.25, 0.3) is 0 Å². The Morgan fingerprint density at radius 1 is 0.927 bits per heavy atom. The maximum absolute atomic E-state index is 12.9. The molecule has 0 aromatic heterocycles. The normalized spacial score (nSPS) is 32.3. The van der Waals surface area contributed by atoms with Gasteiger partial charge in [0.05, 0.1) is 16.6 Å². The Hall–Kier alpha value is -2.90. The van der Waals surface area contributed by atoms with Crippen LogP contribution in [0.1, 0.15) is 54.4 Å². The quantitative estimate of drug-likeness (QED) is 0.431. The highest BCUT2D eigenvalue weighted by molar-refractivity contribution is 5.63. The third-order valence-electron chi connectivity index (χ3n) is 10.9. The van der Waals surface area contributed by atoms with Gasteiger partial charge in [-0.2, -0.15) is 0 Å². The maximum atomic E-state index is 12.9. The van der Waals surface area contributed by atoms with Crippen LogP contribution in [0.3, 0.4) is 0 Å². The van der Waals surface area contributed by atoms with E-state index >= 15 is 0 Å². The highest BCUT2D eigenvalue weighted by Crippen LogP contribution is 2.66. The molecule has 1 spiro atoms. The Bertz CT molecular complexity index is 1440. The summed E-state index contributed by atoms with van der Waals surface area (Å²) in [5.74, 6) is 1.62. The summed E-state index contributed by atoms with van der Waals surface area (Å²) in [4.78, 5) is 4.84. The zero-order valence-corrected chi connectivity index (χ0v) is 23.8. The molecule has 2 aliphatic heterocycles. The Kier molecular flexibility index (Phi) is 5.85. The number of benzene rings is 3. The van der Waals surface area contributed by atoms with Crippen molar-refractivity contribution in [2.45, 2.75) is 86.5 Å². The zero-order chi connectivity index (χ0) is 27.8. The largest absolute Gasteiger partial charge is 0.485 e. The van der Waals surface area contributed by atoms with Crippen molar-refractivity contribution in [3.8, 4) is 11.5 Å². The van der Waals surface area contributed by atoms with E-state index in [4.69, 9.17) is 9.47 Å². The van der Waals surface area contributed by atoms with Gasteiger partial charge in [0.25, 0.3) is 0 Å². The first-order chi connectivity index (χ1) is 19.9. The van der Waals surface area contributed by atoms with Crippen LogP contribution in [-0.4, -0.2) is 69.5 Å². The molecule has 3 aliphatic carbocycles. The van der Waals surface area contributed by atoms with Gasteiger partial charge < -0.3 is 19.7 Å². The molecule has 2 bridgehead atoms. The Balaban J connectivity index is 1.19. The standard InChI is InChI=1S/C35H40N2O4/c1-36(21-24-8-4-2-5-9-24)27-14-15-35(39)29-20-26-12-13-28(40-22-25-10-6-3-7-11-25)31-30(26)34(35,32(27)41-31)18-19-37(29)23-33(38)16-17-33/h2-13,27,29,32,38-39H,14-23H2,1H3/t27-,29?,32+,34?,35-/m1/s1. The Morgan fingerprint density at radius 3 is 2.39 bits per heavy atom. The summed E-state index contributed by atoms with van der Waals surface area (Å²) in [7, 11) is 2.21. The predicted molar refractivity (Wildman–Crippen MR) is 157 cm³/mol. The van der Waals surface area contributed by atoms with Crippen molar-refractivity contribution in [3.63, 3.8) is 0 Å². The van der Waals surface area contributed by atoms with Gasteiger partial charge in [0.2, 0.25) is 0 Å². The number of hydrogen-bond acceptors (Lipinski definition) is 6. The van der Waals surface area contributed by atoms with Crippen LogP contribution in [-0.2, 0) is 25.0 Å². The molecule has 214 valence electrons. The molecule has 2 heterocycles. The molecule has 0 radical (unpaired) electrons. The molecule has 1 saturated heterocycles. The van der Waals surface area contributed by atoms with Crippen LogP contribution in [0, 0.1) is 0 Å². The second kappa shape index (κ2) is 9.30. The van der Waals surface area contributed by atoms with Crippen molar-refractivity contribution in [3.05, 3.63) is 95.1 Å². The molecule has 5 atom stereocenters. The topological polar surface area (TPSA) is 65.4 Å². The number of likely N-dealkylation sites (tertiary alicyclic amines) is 1. The smallest absolute Gasteiger partial charge is 0.166 e. The maximum Gasteiger partial charge on any atom is 0.166 e. The molecule has 2 unspecified atom stereocenters. The first-order valence-corrected chi connectivity index (χ1v) is 15.3. The van der Waals surface area contributed by atoms with Gasteiger partial charge in [0.15, 0.2) is 11.5 Å². The molecule has 3 aromatic carbocycles. The molecule has 2 N–H and O–H groups in total. The number of ether oxygens (including phenoxy) is 2. The van der Waals surface area contributed by atoms with Crippen LogP contribution in [0.2, 0.25) is 0 Å². The molecule has 2 saturated carbocycles. The summed E-state index contributed by atoms with van der Waals surface area (Å²) in [5, 5.41) is 23.8. The summed E-state index contributed by atoms with van der Waals surface area (Å²) in [5.41, 5.74) is 2.86. The number of aliphatic hydroxyl groups is 2. The molecule has 3 aromatic rings. The minimum atomic E-state index is -0.915. The van der Waals surface area contributed by atoms with Gasteiger partial charge in [0.1, 0.15) is 12.7 Å². The Labute approximate surface area is 242 Å². The van der Waals surface area contributed by atoms with Gasteiger partial charge in [-0.25, -0.2) is 0 Å². The monoisotopic (exact) mass is 552 g/mol. The van der Waals surface area contributed by atoms with Crippen molar-refractivity contribution >= 4 is 0 Å². The number of hydrogen-bond donors (Lipinski definition) is 2. The van der Waals surface area contributed by atoms with Crippen molar-refractivity contribution in [1.82, 2.24) is 9.80 Å². The van der Waals surface area contributed by atoms with E-state index in [9.17, 15) is 10.2 Å². The highest BCUT2D eigenvalue weighted by Gasteiger charge is 2.73. The summed E-state index contributed by atoms with van der Waals surface area (Å²) in [6, 6.07) is 25.3. The summed E-state index contributed by atoms with van der Waals surface area (Å²) < 4.78 is 13.5. The lowest BCUT2D eigenvalue weighted by molar-refractivity contribution is -0.203. The van der Waals surface area contributed by atoms with Crippen LogP contribution in [0.5, 0.6) is 11.5 Å². The van der Waals surface area contributed by atoms with E-state index in [-0.39, 0.29) is 18.2 Å². The van der Waals surface area contributed by atoms with Gasteiger partial charge in [-0.15, -0.1) is 0 Å². The molecule has 0 amide bonds. The van der Waals surface area contributed by atoms with Gasteiger partial charge >= 0.3 is 0 Å². The summed E-state index contributed by atoms with van der Waals surface area (Å²) in [6.45, 7) is 2.82. The van der Waals surface area contributed by atoms with E-state index in [0.29, 0.717) is 13.2 Å². The van der Waals surface area contributed by atoms with E-state index in [0.717, 1.165) is 68.7 Å². The minimum absolute atomic E-state index is 0.0260. The molecule has 6 nitrogen and oxygen atoms in total. The molecule has 5 aliphatic rings. The first kappa shape index (κ1) is 25.8. The van der Waals surface area contributed by atoms with E-state index in [1.165, 1.54) is 16.7 Å². The number of nitrogens with zero attached hydrogens (tertiary/aromatic N) is 2. The van der Waals surface area contributed by atoms with Gasteiger partial charge in [0, 0.05) is 30.7 Å². The minimum Gasteiger partial charge on any atom is -0.485 e. The van der Waals surface area contributed by atoms with Crippen molar-refractivity contribution < 1.29 is 19.7 Å². The number of piperidine rings is 1. The van der Waals surface area contributed by atoms with Crippen LogP contribution >= 0.6 is 0 Å². The fraction of sp³-hybridized carbons (Fsp3) is 0.486. The van der Waals surface area contributed by atoms with Crippen molar-refractivity contribution in [1.29, 1.82) is 0 Å². The van der Waals surface area contributed by atoms with E-state index in [2.05, 4.69) is 71.4 Å². The van der Waals surface area contributed by atoms with Gasteiger partial charge in [-0.3, -0.25) is 9.80 Å². The zero-order valence-electron chi connectivity index (χ0n) is 23.8. The lowest BCUT2D eigenvalue weighted by atomic mass is 9.48. The van der Waals surface area contributed by atoms with Gasteiger partial charge in [-0.1, -0.05) is 66.7 Å². The van der Waals surface area contributed by atoms with E-state index < -0.39 is 16.6 Å². The van der Waals surface area contributed by atoms with Crippen molar-refractivity contribution in [2.75, 3.05) is 20.1 Å². The average Bonchev–Trinajstić information content (AvgIpc) is 3.60. The van der Waals surface area contributed by atoms with Crippen LogP contribution in [0.15, 0.2) is 72.8 Å². The van der Waals surface area contributed by atoms with E-state index in [1.54, 1.807) is 0 Å². The third kappa shape index (κ3) is 3.91.